The predicted octanol–water partition coefficient (Wildman–Crippen LogP) is 2.58. The molecule has 0 spiro atoms. The number of ether oxygens (including phenoxy) is 1. The van der Waals surface area contributed by atoms with Crippen molar-refractivity contribution in [1.29, 1.82) is 0 Å². The minimum absolute atomic E-state index is 0.115. The summed E-state index contributed by atoms with van der Waals surface area (Å²) in [5.41, 5.74) is 1.21. The van der Waals surface area contributed by atoms with Gasteiger partial charge in [-0.05, 0) is 39.3 Å². The Labute approximate surface area is 122 Å². The first kappa shape index (κ1) is 15.3. The molecule has 0 radical (unpaired) electrons. The van der Waals surface area contributed by atoms with Crippen LogP contribution in [0, 0.1) is 0 Å². The van der Waals surface area contributed by atoms with E-state index in [1.54, 1.807) is 0 Å². The monoisotopic (exact) mass is 277 g/mol. The van der Waals surface area contributed by atoms with E-state index in [2.05, 4.69) is 56.1 Å². The lowest BCUT2D eigenvalue weighted by atomic mass is 10.1. The van der Waals surface area contributed by atoms with Crippen molar-refractivity contribution in [3.63, 3.8) is 0 Å². The molecule has 0 amide bonds. The number of aromatic nitrogens is 1. The number of nitrogens with one attached hydrogen (secondary N) is 1. The first-order valence-corrected chi connectivity index (χ1v) is 7.55. The maximum Gasteiger partial charge on any atom is 0.129 e. The van der Waals surface area contributed by atoms with Crippen LogP contribution in [-0.4, -0.2) is 36.3 Å². The fraction of sp³-hybridized carbons (Fsp3) is 0.688. The van der Waals surface area contributed by atoms with Gasteiger partial charge in [-0.3, -0.25) is 0 Å². The molecule has 2 rings (SSSR count). The maximum absolute atomic E-state index is 5.72. The highest BCUT2D eigenvalue weighted by Crippen LogP contribution is 2.17. The first-order chi connectivity index (χ1) is 9.48. The lowest BCUT2D eigenvalue weighted by molar-refractivity contribution is 0.0381. The predicted molar refractivity (Wildman–Crippen MR) is 83.1 cm³/mol. The van der Waals surface area contributed by atoms with E-state index in [4.69, 9.17) is 9.72 Å². The van der Waals surface area contributed by atoms with Crippen LogP contribution in [0.15, 0.2) is 18.2 Å². The summed E-state index contributed by atoms with van der Waals surface area (Å²) in [4.78, 5) is 7.11. The molecule has 4 nitrogen and oxygen atoms in total. The zero-order valence-electron chi connectivity index (χ0n) is 13.1. The average molecular weight is 277 g/mol. The number of pyridine rings is 1. The van der Waals surface area contributed by atoms with Gasteiger partial charge in [-0.1, -0.05) is 13.0 Å². The van der Waals surface area contributed by atoms with E-state index >= 15 is 0 Å². The summed E-state index contributed by atoms with van der Waals surface area (Å²) in [6, 6.07) is 6.27. The van der Waals surface area contributed by atoms with Gasteiger partial charge in [-0.2, -0.15) is 0 Å². The molecule has 0 saturated carbocycles. The standard InChI is InChI=1S/C16H27N3O/c1-5-14-12-19(9-10-20-14)15-8-6-7-13(18-15)11-17-16(2,3)4/h6-8,14,17H,5,9-12H2,1-4H3. The summed E-state index contributed by atoms with van der Waals surface area (Å²) >= 11 is 0. The maximum atomic E-state index is 5.72. The minimum Gasteiger partial charge on any atom is -0.375 e. The fourth-order valence-electron chi connectivity index (χ4n) is 2.27. The van der Waals surface area contributed by atoms with E-state index in [9.17, 15) is 0 Å². The summed E-state index contributed by atoms with van der Waals surface area (Å²) in [7, 11) is 0. The van der Waals surface area contributed by atoms with Crippen molar-refractivity contribution >= 4 is 5.82 Å². The number of rotatable bonds is 4. The minimum atomic E-state index is 0.115. The van der Waals surface area contributed by atoms with E-state index in [-0.39, 0.29) is 5.54 Å². The average Bonchev–Trinajstić information content (AvgIpc) is 2.45. The Balaban J connectivity index is 2.01. The molecule has 1 N–H and O–H groups in total. The van der Waals surface area contributed by atoms with Crippen molar-refractivity contribution < 1.29 is 4.74 Å². The zero-order valence-corrected chi connectivity index (χ0v) is 13.1. The molecule has 1 aliphatic rings. The van der Waals surface area contributed by atoms with Crippen LogP contribution in [0.2, 0.25) is 0 Å². The molecular formula is C16H27N3O. The van der Waals surface area contributed by atoms with Gasteiger partial charge in [0.15, 0.2) is 0 Å². The van der Waals surface area contributed by atoms with Crippen LogP contribution in [0.3, 0.4) is 0 Å². The number of hydrogen-bond donors (Lipinski definition) is 1. The lowest BCUT2D eigenvalue weighted by Crippen LogP contribution is -2.42. The van der Waals surface area contributed by atoms with Gasteiger partial charge in [-0.15, -0.1) is 0 Å². The molecule has 1 unspecified atom stereocenters. The number of nitrogens with zero attached hydrogens (tertiary/aromatic N) is 2. The highest BCUT2D eigenvalue weighted by atomic mass is 16.5. The summed E-state index contributed by atoms with van der Waals surface area (Å²) in [5, 5.41) is 3.48. The van der Waals surface area contributed by atoms with Crippen LogP contribution in [0.5, 0.6) is 0 Å². The van der Waals surface area contributed by atoms with Gasteiger partial charge < -0.3 is 15.0 Å². The molecule has 1 aliphatic heterocycles. The van der Waals surface area contributed by atoms with E-state index in [0.717, 1.165) is 44.2 Å². The van der Waals surface area contributed by atoms with Gasteiger partial charge in [0.25, 0.3) is 0 Å². The molecule has 20 heavy (non-hydrogen) atoms. The molecule has 0 aliphatic carbocycles. The molecule has 2 heterocycles. The zero-order chi connectivity index (χ0) is 14.6. The van der Waals surface area contributed by atoms with Crippen molar-refractivity contribution in [2.24, 2.45) is 0 Å². The second kappa shape index (κ2) is 6.55. The molecule has 1 saturated heterocycles. The molecule has 0 aromatic carbocycles. The van der Waals surface area contributed by atoms with Crippen LogP contribution in [-0.2, 0) is 11.3 Å². The van der Waals surface area contributed by atoms with E-state index in [0.29, 0.717) is 6.10 Å². The molecule has 1 aromatic rings. The van der Waals surface area contributed by atoms with E-state index in [1.165, 1.54) is 0 Å². The second-order valence-corrected chi connectivity index (χ2v) is 6.44. The highest BCUT2D eigenvalue weighted by molar-refractivity contribution is 5.40. The third kappa shape index (κ3) is 4.46. The van der Waals surface area contributed by atoms with Crippen molar-refractivity contribution in [3.05, 3.63) is 23.9 Å². The van der Waals surface area contributed by atoms with Crippen LogP contribution >= 0.6 is 0 Å². The summed E-state index contributed by atoms with van der Waals surface area (Å²) in [5.74, 6) is 1.07. The second-order valence-electron chi connectivity index (χ2n) is 6.44. The topological polar surface area (TPSA) is 37.4 Å². The van der Waals surface area contributed by atoms with Crippen molar-refractivity contribution in [2.45, 2.75) is 52.3 Å². The van der Waals surface area contributed by atoms with Crippen molar-refractivity contribution in [1.82, 2.24) is 10.3 Å². The third-order valence-corrected chi connectivity index (χ3v) is 3.51. The van der Waals surface area contributed by atoms with Crippen LogP contribution in [0.4, 0.5) is 5.82 Å². The molecule has 112 valence electrons. The quantitative estimate of drug-likeness (QED) is 0.918. The van der Waals surface area contributed by atoms with Crippen molar-refractivity contribution in [3.8, 4) is 0 Å². The number of anilines is 1. The van der Waals surface area contributed by atoms with Gasteiger partial charge in [0.1, 0.15) is 5.82 Å². The number of morpholine rings is 1. The Morgan fingerprint density at radius 1 is 1.40 bits per heavy atom. The number of hydrogen-bond acceptors (Lipinski definition) is 4. The van der Waals surface area contributed by atoms with E-state index < -0.39 is 0 Å². The lowest BCUT2D eigenvalue weighted by Gasteiger charge is -2.33. The summed E-state index contributed by atoms with van der Waals surface area (Å²) in [6.45, 7) is 12.2. The summed E-state index contributed by atoms with van der Waals surface area (Å²) < 4.78 is 5.72. The highest BCUT2D eigenvalue weighted by Gasteiger charge is 2.20. The Kier molecular flexibility index (Phi) is 5.00. The fourth-order valence-corrected chi connectivity index (χ4v) is 2.27. The van der Waals surface area contributed by atoms with Gasteiger partial charge >= 0.3 is 0 Å². The third-order valence-electron chi connectivity index (χ3n) is 3.51. The largest absolute Gasteiger partial charge is 0.375 e. The molecule has 0 bridgehead atoms. The summed E-state index contributed by atoms with van der Waals surface area (Å²) in [6.07, 6.45) is 1.39. The van der Waals surface area contributed by atoms with Gasteiger partial charge in [0.2, 0.25) is 0 Å². The molecule has 1 fully saturated rings. The molecule has 1 aromatic heterocycles. The smallest absolute Gasteiger partial charge is 0.129 e. The van der Waals surface area contributed by atoms with Crippen molar-refractivity contribution in [2.75, 3.05) is 24.6 Å². The molecule has 1 atom stereocenters. The van der Waals surface area contributed by atoms with Gasteiger partial charge in [0, 0.05) is 25.2 Å². The SMILES string of the molecule is CCC1CN(c2cccc(CNC(C)(C)C)n2)CCO1. The molecular weight excluding hydrogens is 250 g/mol. The normalized spacial score (nSPS) is 20.2. The Hall–Kier alpha value is -1.13. The van der Waals surface area contributed by atoms with Gasteiger partial charge in [-0.25, -0.2) is 4.98 Å². The van der Waals surface area contributed by atoms with Gasteiger partial charge in [0.05, 0.1) is 18.4 Å². The van der Waals surface area contributed by atoms with Crippen LogP contribution in [0.25, 0.3) is 0 Å². The van der Waals surface area contributed by atoms with Crippen LogP contribution in [0.1, 0.15) is 39.8 Å². The Bertz CT molecular complexity index is 428. The first-order valence-electron chi connectivity index (χ1n) is 7.55. The Morgan fingerprint density at radius 2 is 2.20 bits per heavy atom. The Morgan fingerprint density at radius 3 is 2.90 bits per heavy atom. The van der Waals surface area contributed by atoms with E-state index in [1.807, 2.05) is 0 Å². The van der Waals surface area contributed by atoms with Crippen LogP contribution < -0.4 is 10.2 Å². The molecule has 4 heteroatoms.